The molecule has 1 N–H and O–H groups in total. The van der Waals surface area contributed by atoms with Crippen molar-refractivity contribution in [1.82, 2.24) is 0 Å². The fourth-order valence-electron chi connectivity index (χ4n) is 0.363. The van der Waals surface area contributed by atoms with E-state index in [4.69, 9.17) is 5.41 Å². The summed E-state index contributed by atoms with van der Waals surface area (Å²) in [5.41, 5.74) is 0.160. The lowest BCUT2D eigenvalue weighted by Crippen LogP contribution is -1.96. The summed E-state index contributed by atoms with van der Waals surface area (Å²) in [7, 11) is 0. The molecule has 0 amide bonds. The first-order valence-corrected chi connectivity index (χ1v) is 2.88. The van der Waals surface area contributed by atoms with Crippen LogP contribution in [0.2, 0.25) is 0 Å². The van der Waals surface area contributed by atoms with Crippen molar-refractivity contribution in [3.63, 3.8) is 0 Å². The third kappa shape index (κ3) is 0.980. The third-order valence-electron chi connectivity index (χ3n) is 0.724. The van der Waals surface area contributed by atoms with Gasteiger partial charge >= 0.3 is 0 Å². The number of nitrogens with one attached hydrogen (secondary N) is 1. The molecule has 1 aromatic heterocycles. The van der Waals surface area contributed by atoms with Crippen LogP contribution in [0.1, 0.15) is 0 Å². The molecular weight excluding hydrogens is 170 g/mol. The van der Waals surface area contributed by atoms with Gasteiger partial charge in [0.1, 0.15) is 0 Å². The van der Waals surface area contributed by atoms with Crippen molar-refractivity contribution in [3.8, 4) is 0 Å². The highest BCUT2D eigenvalue weighted by atomic mass is 79.9. The molecule has 0 spiro atoms. The molecule has 3 heteroatoms. The summed E-state index contributed by atoms with van der Waals surface area (Å²) in [6.07, 6.45) is 1.47. The van der Waals surface area contributed by atoms with E-state index in [1.165, 1.54) is 6.26 Å². The average Bonchev–Trinajstić information content (AvgIpc) is 1.77. The van der Waals surface area contributed by atoms with E-state index in [-0.39, 0.29) is 5.55 Å². The molecule has 0 unspecified atom stereocenters. The molecule has 0 bridgehead atoms. The molecule has 0 aliphatic heterocycles. The minimum Gasteiger partial charge on any atom is -0.446 e. The van der Waals surface area contributed by atoms with Gasteiger partial charge in [-0.25, -0.2) is 0 Å². The lowest BCUT2D eigenvalue weighted by atomic mass is 10.5. The molecule has 0 radical (unpaired) electrons. The highest BCUT2D eigenvalue weighted by Gasteiger charge is 1.84. The van der Waals surface area contributed by atoms with Crippen molar-refractivity contribution in [3.05, 3.63) is 28.4 Å². The van der Waals surface area contributed by atoms with Crippen molar-refractivity contribution < 1.29 is 4.42 Å². The van der Waals surface area contributed by atoms with Gasteiger partial charge in [0.15, 0.2) is 0 Å². The minimum atomic E-state index is 0.160. The summed E-state index contributed by atoms with van der Waals surface area (Å²) in [6, 6.07) is 3.48. The van der Waals surface area contributed by atoms with E-state index in [1.807, 2.05) is 0 Å². The quantitative estimate of drug-likeness (QED) is 0.635. The van der Waals surface area contributed by atoms with Gasteiger partial charge in [-0.3, -0.25) is 5.41 Å². The van der Waals surface area contributed by atoms with E-state index in [2.05, 4.69) is 20.3 Å². The summed E-state index contributed by atoms with van der Waals surface area (Å²) in [5, 5.41) is 7.01. The van der Waals surface area contributed by atoms with Crippen molar-refractivity contribution >= 4 is 15.9 Å². The van der Waals surface area contributed by atoms with Crippen molar-refractivity contribution in [2.24, 2.45) is 0 Å². The van der Waals surface area contributed by atoms with Crippen LogP contribution in [0.5, 0.6) is 0 Å². The van der Waals surface area contributed by atoms with Gasteiger partial charge in [0.2, 0.25) is 5.55 Å². The summed E-state index contributed by atoms with van der Waals surface area (Å²) >= 11 is 3.11. The normalized spacial score (nSPS) is 9.12. The molecule has 1 aromatic rings. The van der Waals surface area contributed by atoms with Crippen LogP contribution in [0.15, 0.2) is 27.3 Å². The van der Waals surface area contributed by atoms with E-state index >= 15 is 0 Å². The van der Waals surface area contributed by atoms with Gasteiger partial charge in [-0.05, 0) is 28.1 Å². The van der Waals surface area contributed by atoms with Gasteiger partial charge in [-0.15, -0.1) is 0 Å². The Hall–Kier alpha value is -0.570. The SMILES string of the molecule is N=c1occcc1Br. The zero-order valence-electron chi connectivity index (χ0n) is 4.02. The van der Waals surface area contributed by atoms with Gasteiger partial charge in [-0.1, -0.05) is 0 Å². The van der Waals surface area contributed by atoms with Crippen molar-refractivity contribution in [2.75, 3.05) is 0 Å². The molecule has 1 rings (SSSR count). The molecule has 0 aromatic carbocycles. The largest absolute Gasteiger partial charge is 0.446 e. The van der Waals surface area contributed by atoms with E-state index in [9.17, 15) is 0 Å². The van der Waals surface area contributed by atoms with Gasteiger partial charge in [-0.2, -0.15) is 0 Å². The Morgan fingerprint density at radius 3 is 2.75 bits per heavy atom. The number of rotatable bonds is 0. The van der Waals surface area contributed by atoms with Gasteiger partial charge in [0.25, 0.3) is 0 Å². The van der Waals surface area contributed by atoms with Gasteiger partial charge in [0.05, 0.1) is 10.7 Å². The third-order valence-corrected chi connectivity index (χ3v) is 1.35. The molecule has 0 saturated heterocycles. The molecule has 0 aliphatic rings. The minimum absolute atomic E-state index is 0.160. The van der Waals surface area contributed by atoms with E-state index in [1.54, 1.807) is 12.1 Å². The van der Waals surface area contributed by atoms with E-state index in [0.29, 0.717) is 4.47 Å². The molecule has 0 fully saturated rings. The van der Waals surface area contributed by atoms with Gasteiger partial charge < -0.3 is 4.42 Å². The average molecular weight is 174 g/mol. The molecule has 1 heterocycles. The van der Waals surface area contributed by atoms with Crippen LogP contribution in [-0.2, 0) is 0 Å². The second kappa shape index (κ2) is 2.13. The second-order valence-corrected chi connectivity index (χ2v) is 2.14. The Balaban J connectivity index is 3.35. The molecule has 0 aliphatic carbocycles. The van der Waals surface area contributed by atoms with Crippen LogP contribution in [-0.4, -0.2) is 0 Å². The first-order chi connectivity index (χ1) is 3.80. The summed E-state index contributed by atoms with van der Waals surface area (Å²) in [5.74, 6) is 0. The predicted octanol–water partition coefficient (Wildman–Crippen LogP) is 1.52. The van der Waals surface area contributed by atoms with E-state index in [0.717, 1.165) is 0 Å². The highest BCUT2D eigenvalue weighted by molar-refractivity contribution is 9.10. The number of halogens is 1. The van der Waals surface area contributed by atoms with Crippen LogP contribution in [0, 0.1) is 5.41 Å². The zero-order chi connectivity index (χ0) is 5.98. The van der Waals surface area contributed by atoms with Crippen LogP contribution in [0.25, 0.3) is 0 Å². The van der Waals surface area contributed by atoms with E-state index < -0.39 is 0 Å². The predicted molar refractivity (Wildman–Crippen MR) is 32.3 cm³/mol. The summed E-state index contributed by atoms with van der Waals surface area (Å²) in [4.78, 5) is 0. The Morgan fingerprint density at radius 2 is 2.38 bits per heavy atom. The fourth-order valence-corrected chi connectivity index (χ4v) is 0.609. The molecule has 2 nitrogen and oxygen atoms in total. The van der Waals surface area contributed by atoms with Gasteiger partial charge in [0, 0.05) is 0 Å². The first-order valence-electron chi connectivity index (χ1n) is 2.08. The van der Waals surface area contributed by atoms with Crippen LogP contribution < -0.4 is 5.55 Å². The van der Waals surface area contributed by atoms with Crippen LogP contribution in [0.3, 0.4) is 0 Å². The monoisotopic (exact) mass is 173 g/mol. The highest BCUT2D eigenvalue weighted by Crippen LogP contribution is 1.98. The number of hydrogen-bond acceptors (Lipinski definition) is 2. The molecule has 42 valence electrons. The Morgan fingerprint density at radius 1 is 1.62 bits per heavy atom. The summed E-state index contributed by atoms with van der Waals surface area (Å²) < 4.78 is 5.36. The maximum atomic E-state index is 7.01. The molecule has 0 saturated carbocycles. The Bertz CT molecular complexity index is 230. The van der Waals surface area contributed by atoms with Crippen molar-refractivity contribution in [2.45, 2.75) is 0 Å². The van der Waals surface area contributed by atoms with Crippen LogP contribution in [0.4, 0.5) is 0 Å². The lowest BCUT2D eigenvalue weighted by Gasteiger charge is -1.83. The molecular formula is C5H4BrNO. The fraction of sp³-hybridized carbons (Fsp3) is 0. The second-order valence-electron chi connectivity index (χ2n) is 1.29. The van der Waals surface area contributed by atoms with Crippen LogP contribution >= 0.6 is 15.9 Å². The smallest absolute Gasteiger partial charge is 0.225 e. The molecule has 0 atom stereocenters. The Kier molecular flexibility index (Phi) is 1.48. The number of hydrogen-bond donors (Lipinski definition) is 1. The zero-order valence-corrected chi connectivity index (χ0v) is 5.60. The van der Waals surface area contributed by atoms with Crippen molar-refractivity contribution in [1.29, 1.82) is 5.41 Å². The lowest BCUT2D eigenvalue weighted by molar-refractivity contribution is 0.482. The standard InChI is InChI=1S/C5H4BrNO/c6-4-2-1-3-8-5(4)7/h1-3,7H. The maximum Gasteiger partial charge on any atom is 0.225 e. The molecule has 8 heavy (non-hydrogen) atoms. The summed E-state index contributed by atoms with van der Waals surface area (Å²) in [6.45, 7) is 0. The Labute approximate surface area is 54.8 Å². The maximum absolute atomic E-state index is 7.01. The topological polar surface area (TPSA) is 37.0 Å². The first kappa shape index (κ1) is 5.56.